The molecule has 1 nitrogen and oxygen atoms in total. The van der Waals surface area contributed by atoms with E-state index < -0.39 is 0 Å². The highest BCUT2D eigenvalue weighted by molar-refractivity contribution is 5.86. The smallest absolute Gasteiger partial charge is 0.0366 e. The Hall–Kier alpha value is -3.84. The van der Waals surface area contributed by atoms with Gasteiger partial charge in [-0.3, -0.25) is 0 Å². The Morgan fingerprint density at radius 3 is 1.17 bits per heavy atom. The molecule has 1 heteroatoms. The average Bonchev–Trinajstić information content (AvgIpc) is 2.93. The summed E-state index contributed by atoms with van der Waals surface area (Å²) in [5.74, 6) is 0. The number of rotatable bonds is 10. The topological polar surface area (TPSA) is 3.24 Å². The number of nitrogens with zero attached hydrogens (tertiary/aromatic N) is 1. The van der Waals surface area contributed by atoms with Gasteiger partial charge < -0.3 is 4.90 Å². The van der Waals surface area contributed by atoms with Crippen LogP contribution in [0.3, 0.4) is 0 Å². The molecule has 0 spiro atoms. The molecule has 176 valence electrons. The van der Waals surface area contributed by atoms with Crippen molar-refractivity contribution < 1.29 is 0 Å². The molecule has 4 aromatic rings. The average molecular weight is 458 g/mol. The van der Waals surface area contributed by atoms with Gasteiger partial charge in [0.05, 0.1) is 0 Å². The molecule has 0 aliphatic rings. The third kappa shape index (κ3) is 6.39. The molecular formula is C34H35N. The van der Waals surface area contributed by atoms with Crippen LogP contribution < -0.4 is 4.90 Å². The molecule has 4 rings (SSSR count). The molecule has 0 saturated carbocycles. The Morgan fingerprint density at radius 2 is 0.829 bits per heavy atom. The number of hydrogen-bond acceptors (Lipinski definition) is 1. The van der Waals surface area contributed by atoms with Crippen molar-refractivity contribution in [1.82, 2.24) is 0 Å². The Kier molecular flexibility index (Phi) is 8.73. The van der Waals surface area contributed by atoms with E-state index in [0.29, 0.717) is 0 Å². The molecule has 4 aromatic carbocycles. The second-order valence-corrected chi connectivity index (χ2v) is 8.79. The van der Waals surface area contributed by atoms with Gasteiger partial charge in [0.1, 0.15) is 0 Å². The van der Waals surface area contributed by atoms with Crippen molar-refractivity contribution in [2.75, 3.05) is 18.0 Å². The molecule has 0 aliphatic heterocycles. The maximum atomic E-state index is 2.48. The molecule has 0 heterocycles. The van der Waals surface area contributed by atoms with Gasteiger partial charge in [0.2, 0.25) is 0 Å². The maximum Gasteiger partial charge on any atom is 0.0366 e. The summed E-state index contributed by atoms with van der Waals surface area (Å²) in [6.07, 6.45) is 6.85. The van der Waals surface area contributed by atoms with Gasteiger partial charge in [-0.15, -0.1) is 0 Å². The van der Waals surface area contributed by atoms with E-state index in [2.05, 4.69) is 146 Å². The third-order valence-electron chi connectivity index (χ3n) is 6.20. The standard InChI is InChI=1S/C34H35N/c1-3-26-35(27-4-2)32-22-20-31(21-23-32)34(30-18-12-7-13-19-30)25-24-33(28-14-8-5-9-15-28)29-16-10-6-11-17-29/h5-25H,3-4,26-27H2,1-2H3. The van der Waals surface area contributed by atoms with Crippen LogP contribution in [-0.4, -0.2) is 13.1 Å². The van der Waals surface area contributed by atoms with Crippen molar-refractivity contribution in [2.45, 2.75) is 26.7 Å². The van der Waals surface area contributed by atoms with E-state index in [1.807, 2.05) is 0 Å². The Morgan fingerprint density at radius 1 is 0.486 bits per heavy atom. The van der Waals surface area contributed by atoms with Crippen LogP contribution >= 0.6 is 0 Å². The highest BCUT2D eigenvalue weighted by Crippen LogP contribution is 2.29. The van der Waals surface area contributed by atoms with E-state index in [1.54, 1.807) is 0 Å². The second kappa shape index (κ2) is 12.6. The molecule has 0 aliphatic carbocycles. The van der Waals surface area contributed by atoms with Crippen molar-refractivity contribution in [1.29, 1.82) is 0 Å². The van der Waals surface area contributed by atoms with Crippen LogP contribution in [0.15, 0.2) is 127 Å². The van der Waals surface area contributed by atoms with E-state index in [9.17, 15) is 0 Å². The van der Waals surface area contributed by atoms with Gasteiger partial charge in [-0.2, -0.15) is 0 Å². The van der Waals surface area contributed by atoms with Gasteiger partial charge in [0.25, 0.3) is 0 Å². The van der Waals surface area contributed by atoms with E-state index in [0.717, 1.165) is 25.9 Å². The van der Waals surface area contributed by atoms with Crippen molar-refractivity contribution in [3.05, 3.63) is 150 Å². The fourth-order valence-electron chi connectivity index (χ4n) is 4.50. The highest BCUT2D eigenvalue weighted by atomic mass is 15.1. The molecule has 0 atom stereocenters. The lowest BCUT2D eigenvalue weighted by atomic mass is 9.94. The van der Waals surface area contributed by atoms with Gasteiger partial charge in [0.15, 0.2) is 0 Å². The van der Waals surface area contributed by atoms with Crippen molar-refractivity contribution in [2.24, 2.45) is 0 Å². The van der Waals surface area contributed by atoms with E-state index in [1.165, 1.54) is 39.1 Å². The third-order valence-corrected chi connectivity index (χ3v) is 6.20. The number of benzene rings is 4. The molecule has 0 N–H and O–H groups in total. The molecule has 0 unspecified atom stereocenters. The molecule has 0 amide bonds. The van der Waals surface area contributed by atoms with Crippen LogP contribution in [0.2, 0.25) is 0 Å². The highest BCUT2D eigenvalue weighted by Gasteiger charge is 2.09. The molecular weight excluding hydrogens is 422 g/mol. The van der Waals surface area contributed by atoms with Gasteiger partial charge in [-0.1, -0.05) is 129 Å². The summed E-state index contributed by atoms with van der Waals surface area (Å²) in [5, 5.41) is 0. The molecule has 0 aromatic heterocycles. The van der Waals surface area contributed by atoms with Crippen LogP contribution in [0.25, 0.3) is 11.1 Å². The summed E-state index contributed by atoms with van der Waals surface area (Å²) < 4.78 is 0. The van der Waals surface area contributed by atoms with Crippen LogP contribution in [-0.2, 0) is 0 Å². The van der Waals surface area contributed by atoms with Gasteiger partial charge in [0, 0.05) is 18.8 Å². The first-order valence-corrected chi connectivity index (χ1v) is 12.7. The van der Waals surface area contributed by atoms with E-state index in [-0.39, 0.29) is 0 Å². The van der Waals surface area contributed by atoms with Crippen LogP contribution in [0.1, 0.15) is 48.9 Å². The minimum atomic E-state index is 1.09. The minimum absolute atomic E-state index is 1.09. The summed E-state index contributed by atoms with van der Waals surface area (Å²) >= 11 is 0. The van der Waals surface area contributed by atoms with Gasteiger partial charge in [-0.25, -0.2) is 0 Å². The van der Waals surface area contributed by atoms with Crippen molar-refractivity contribution in [3.8, 4) is 0 Å². The summed E-state index contributed by atoms with van der Waals surface area (Å²) in [7, 11) is 0. The fourth-order valence-corrected chi connectivity index (χ4v) is 4.50. The van der Waals surface area contributed by atoms with E-state index >= 15 is 0 Å². The molecule has 35 heavy (non-hydrogen) atoms. The Balaban J connectivity index is 1.78. The number of anilines is 1. The summed E-state index contributed by atoms with van der Waals surface area (Å²) in [4.78, 5) is 2.48. The molecule has 0 fully saturated rings. The largest absolute Gasteiger partial charge is 0.372 e. The van der Waals surface area contributed by atoms with Crippen LogP contribution in [0.4, 0.5) is 5.69 Å². The molecule has 0 saturated heterocycles. The van der Waals surface area contributed by atoms with Crippen molar-refractivity contribution in [3.63, 3.8) is 0 Å². The lowest BCUT2D eigenvalue weighted by Gasteiger charge is -2.24. The number of hydrogen-bond donors (Lipinski definition) is 0. The summed E-state index contributed by atoms with van der Waals surface area (Å²) in [6, 6.07) is 41.0. The number of allylic oxidation sites excluding steroid dienone is 2. The first-order chi connectivity index (χ1) is 17.3. The summed E-state index contributed by atoms with van der Waals surface area (Å²) in [5.41, 5.74) is 8.61. The molecule has 0 radical (unpaired) electrons. The van der Waals surface area contributed by atoms with Crippen LogP contribution in [0.5, 0.6) is 0 Å². The normalized spacial score (nSPS) is 11.2. The zero-order chi connectivity index (χ0) is 24.3. The monoisotopic (exact) mass is 457 g/mol. The zero-order valence-electron chi connectivity index (χ0n) is 20.9. The first-order valence-electron chi connectivity index (χ1n) is 12.7. The fraction of sp³-hybridized carbons (Fsp3) is 0.176. The quantitative estimate of drug-likeness (QED) is 0.215. The van der Waals surface area contributed by atoms with Gasteiger partial charge >= 0.3 is 0 Å². The summed E-state index contributed by atoms with van der Waals surface area (Å²) in [6.45, 7) is 6.68. The zero-order valence-corrected chi connectivity index (χ0v) is 20.9. The van der Waals surface area contributed by atoms with Crippen molar-refractivity contribution >= 4 is 16.8 Å². The maximum absolute atomic E-state index is 2.48. The predicted molar refractivity (Wildman–Crippen MR) is 153 cm³/mol. The lowest BCUT2D eigenvalue weighted by Crippen LogP contribution is -2.24. The minimum Gasteiger partial charge on any atom is -0.372 e. The van der Waals surface area contributed by atoms with E-state index in [4.69, 9.17) is 0 Å². The lowest BCUT2D eigenvalue weighted by molar-refractivity contribution is 0.745. The molecule has 0 bridgehead atoms. The van der Waals surface area contributed by atoms with Gasteiger partial charge in [-0.05, 0) is 58.4 Å². The first kappa shape index (κ1) is 24.3. The second-order valence-electron chi connectivity index (χ2n) is 8.79. The Labute approximate surface area is 211 Å². The predicted octanol–water partition coefficient (Wildman–Crippen LogP) is 8.88. The SMILES string of the molecule is CCCN(CCC)c1ccc(C(=CC=C(c2ccccc2)c2ccccc2)c2ccccc2)cc1. The Bertz CT molecular complexity index is 1170. The van der Waals surface area contributed by atoms with Crippen LogP contribution in [0, 0.1) is 0 Å².